The molecule has 0 aromatic rings. The van der Waals surface area contributed by atoms with Gasteiger partial charge in [0.1, 0.15) is 0 Å². The van der Waals surface area contributed by atoms with Crippen LogP contribution in [0.4, 0.5) is 4.79 Å². The Kier molecular flexibility index (Phi) is 4.58. The number of aliphatic carboxylic acids is 1. The maximum absolute atomic E-state index is 11.6. The van der Waals surface area contributed by atoms with E-state index >= 15 is 0 Å². The first-order chi connectivity index (χ1) is 7.54. The zero-order valence-corrected chi connectivity index (χ0v) is 9.90. The van der Waals surface area contributed by atoms with Crippen LogP contribution in [0, 0.1) is 5.92 Å². The normalized spacial score (nSPS) is 22.8. The molecule has 0 aliphatic carbocycles. The van der Waals surface area contributed by atoms with Gasteiger partial charge in [0.15, 0.2) is 0 Å². The van der Waals surface area contributed by atoms with E-state index in [4.69, 9.17) is 5.11 Å². The maximum atomic E-state index is 11.6. The molecule has 2 N–H and O–H groups in total. The highest BCUT2D eigenvalue weighted by atomic mass is 16.4. The number of nitrogens with zero attached hydrogens (tertiary/aromatic N) is 1. The summed E-state index contributed by atoms with van der Waals surface area (Å²) in [6.45, 7) is 5.32. The van der Waals surface area contributed by atoms with Crippen molar-refractivity contribution in [3.8, 4) is 0 Å². The summed E-state index contributed by atoms with van der Waals surface area (Å²) < 4.78 is 0. The number of urea groups is 1. The highest BCUT2D eigenvalue weighted by molar-refractivity contribution is 5.75. The fourth-order valence-electron chi connectivity index (χ4n) is 1.88. The van der Waals surface area contributed by atoms with Crippen molar-refractivity contribution in [2.45, 2.75) is 39.2 Å². The van der Waals surface area contributed by atoms with E-state index in [-0.39, 0.29) is 24.4 Å². The highest BCUT2D eigenvalue weighted by Gasteiger charge is 2.27. The summed E-state index contributed by atoms with van der Waals surface area (Å²) in [6.07, 6.45) is 1.72. The van der Waals surface area contributed by atoms with Crippen molar-refractivity contribution >= 4 is 12.0 Å². The van der Waals surface area contributed by atoms with Crippen LogP contribution in [-0.4, -0.2) is 41.1 Å². The van der Waals surface area contributed by atoms with Crippen LogP contribution < -0.4 is 5.32 Å². The molecule has 0 bridgehead atoms. The molecule has 16 heavy (non-hydrogen) atoms. The minimum atomic E-state index is -0.771. The summed E-state index contributed by atoms with van der Waals surface area (Å²) in [7, 11) is 0. The largest absolute Gasteiger partial charge is 0.481 e. The molecule has 2 unspecified atom stereocenters. The molecule has 1 heterocycles. The van der Waals surface area contributed by atoms with Gasteiger partial charge in [0.2, 0.25) is 0 Å². The van der Waals surface area contributed by atoms with Gasteiger partial charge in [-0.1, -0.05) is 6.92 Å². The van der Waals surface area contributed by atoms with Crippen molar-refractivity contribution < 1.29 is 14.7 Å². The third-order valence-electron chi connectivity index (χ3n) is 3.15. The number of rotatable bonds is 5. The van der Waals surface area contributed by atoms with Crippen LogP contribution in [0.25, 0.3) is 0 Å². The number of carbonyl (C=O) groups excluding carboxylic acids is 1. The molecular weight excluding hydrogens is 208 g/mol. The first-order valence-electron chi connectivity index (χ1n) is 5.80. The number of nitrogens with one attached hydrogen (secondary N) is 1. The van der Waals surface area contributed by atoms with Crippen molar-refractivity contribution in [3.63, 3.8) is 0 Å². The molecule has 92 valence electrons. The summed E-state index contributed by atoms with van der Waals surface area (Å²) in [4.78, 5) is 23.9. The van der Waals surface area contributed by atoms with Gasteiger partial charge in [-0.25, -0.2) is 4.79 Å². The van der Waals surface area contributed by atoms with Crippen LogP contribution >= 0.6 is 0 Å². The number of hydrogen-bond acceptors (Lipinski definition) is 2. The van der Waals surface area contributed by atoms with Gasteiger partial charge in [-0.2, -0.15) is 0 Å². The van der Waals surface area contributed by atoms with Gasteiger partial charge in [-0.15, -0.1) is 0 Å². The van der Waals surface area contributed by atoms with Crippen molar-refractivity contribution in [2.75, 3.05) is 13.1 Å². The summed E-state index contributed by atoms with van der Waals surface area (Å²) in [5.74, 6) is -0.519. The van der Waals surface area contributed by atoms with E-state index in [2.05, 4.69) is 5.32 Å². The molecule has 0 radical (unpaired) electrons. The minimum Gasteiger partial charge on any atom is -0.481 e. The zero-order chi connectivity index (χ0) is 12.1. The minimum absolute atomic E-state index is 0.0269. The lowest BCUT2D eigenvalue weighted by Gasteiger charge is -2.36. The van der Waals surface area contributed by atoms with Gasteiger partial charge in [-0.3, -0.25) is 4.79 Å². The monoisotopic (exact) mass is 228 g/mol. The Labute approximate surface area is 95.8 Å². The molecule has 5 heteroatoms. The second kappa shape index (κ2) is 5.72. The van der Waals surface area contributed by atoms with E-state index in [1.54, 1.807) is 4.90 Å². The lowest BCUT2D eigenvalue weighted by Crippen LogP contribution is -2.54. The smallest absolute Gasteiger partial charge is 0.317 e. The Morgan fingerprint density at radius 1 is 1.69 bits per heavy atom. The molecule has 0 spiro atoms. The van der Waals surface area contributed by atoms with E-state index in [1.807, 2.05) is 13.8 Å². The van der Waals surface area contributed by atoms with Gasteiger partial charge < -0.3 is 15.3 Å². The lowest BCUT2D eigenvalue weighted by molar-refractivity contribution is -0.137. The highest BCUT2D eigenvalue weighted by Crippen LogP contribution is 2.16. The molecule has 1 rings (SSSR count). The van der Waals surface area contributed by atoms with E-state index in [0.717, 1.165) is 6.42 Å². The summed E-state index contributed by atoms with van der Waals surface area (Å²) in [6, 6.07) is 0.188. The van der Waals surface area contributed by atoms with Gasteiger partial charge in [0.05, 0.1) is 0 Å². The van der Waals surface area contributed by atoms with Gasteiger partial charge in [0.25, 0.3) is 0 Å². The molecule has 5 nitrogen and oxygen atoms in total. The van der Waals surface area contributed by atoms with E-state index in [1.165, 1.54) is 0 Å². The number of hydrogen-bond donors (Lipinski definition) is 2. The van der Waals surface area contributed by atoms with Crippen molar-refractivity contribution in [1.29, 1.82) is 0 Å². The van der Waals surface area contributed by atoms with Crippen molar-refractivity contribution in [1.82, 2.24) is 10.2 Å². The van der Waals surface area contributed by atoms with E-state index in [9.17, 15) is 9.59 Å². The van der Waals surface area contributed by atoms with E-state index in [0.29, 0.717) is 19.5 Å². The molecule has 1 fully saturated rings. The van der Waals surface area contributed by atoms with Crippen LogP contribution in [0.5, 0.6) is 0 Å². The van der Waals surface area contributed by atoms with Gasteiger partial charge in [0, 0.05) is 25.6 Å². The lowest BCUT2D eigenvalue weighted by atomic mass is 9.99. The third kappa shape index (κ3) is 3.40. The Morgan fingerprint density at radius 3 is 2.94 bits per heavy atom. The summed E-state index contributed by atoms with van der Waals surface area (Å²) >= 11 is 0. The Morgan fingerprint density at radius 2 is 2.38 bits per heavy atom. The summed E-state index contributed by atoms with van der Waals surface area (Å²) in [5, 5.41) is 11.4. The molecule has 0 saturated carbocycles. The third-order valence-corrected chi connectivity index (χ3v) is 3.15. The van der Waals surface area contributed by atoms with Crippen LogP contribution in [0.3, 0.4) is 0 Å². The van der Waals surface area contributed by atoms with Crippen LogP contribution in [0.15, 0.2) is 0 Å². The fraction of sp³-hybridized carbons (Fsp3) is 0.818. The Balaban J connectivity index is 2.47. The molecule has 1 aliphatic heterocycles. The van der Waals surface area contributed by atoms with Crippen LogP contribution in [-0.2, 0) is 4.79 Å². The SMILES string of the molecule is CCC(C)N1CC(CCC(=O)O)CNC1=O. The summed E-state index contributed by atoms with van der Waals surface area (Å²) in [5.41, 5.74) is 0. The Bertz CT molecular complexity index is 268. The van der Waals surface area contributed by atoms with Gasteiger partial charge in [-0.05, 0) is 25.7 Å². The molecule has 0 aromatic heterocycles. The average Bonchev–Trinajstić information content (AvgIpc) is 2.27. The average molecular weight is 228 g/mol. The predicted octanol–water partition coefficient (Wildman–Crippen LogP) is 1.29. The molecule has 1 aliphatic rings. The number of amides is 2. The Hall–Kier alpha value is -1.26. The first kappa shape index (κ1) is 12.8. The fourth-order valence-corrected chi connectivity index (χ4v) is 1.88. The van der Waals surface area contributed by atoms with E-state index < -0.39 is 5.97 Å². The topological polar surface area (TPSA) is 69.6 Å². The molecule has 2 amide bonds. The van der Waals surface area contributed by atoms with Crippen molar-refractivity contribution in [2.24, 2.45) is 5.92 Å². The molecule has 0 aromatic carbocycles. The maximum Gasteiger partial charge on any atom is 0.317 e. The number of carbonyl (C=O) groups is 2. The first-order valence-corrected chi connectivity index (χ1v) is 5.80. The second-order valence-electron chi connectivity index (χ2n) is 4.39. The predicted molar refractivity (Wildman–Crippen MR) is 60.2 cm³/mol. The molecule has 2 atom stereocenters. The number of carboxylic acid groups (broad SMARTS) is 1. The quantitative estimate of drug-likeness (QED) is 0.745. The second-order valence-corrected chi connectivity index (χ2v) is 4.39. The number of carboxylic acids is 1. The molecular formula is C11H20N2O3. The van der Waals surface area contributed by atoms with Crippen LogP contribution in [0.1, 0.15) is 33.1 Å². The van der Waals surface area contributed by atoms with Crippen molar-refractivity contribution in [3.05, 3.63) is 0 Å². The van der Waals surface area contributed by atoms with Crippen LogP contribution in [0.2, 0.25) is 0 Å². The molecule has 1 saturated heterocycles. The van der Waals surface area contributed by atoms with Gasteiger partial charge >= 0.3 is 12.0 Å². The zero-order valence-electron chi connectivity index (χ0n) is 9.90. The standard InChI is InChI=1S/C11H20N2O3/c1-3-8(2)13-7-9(4-5-10(14)15)6-12-11(13)16/h8-9H,3-7H2,1-2H3,(H,12,16)(H,14,15).